The largest absolute Gasteiger partial charge is 0.499 e. The van der Waals surface area contributed by atoms with E-state index in [1.807, 2.05) is 12.1 Å². The fourth-order valence-corrected chi connectivity index (χ4v) is 2.32. The van der Waals surface area contributed by atoms with Crippen molar-refractivity contribution in [2.45, 2.75) is 0 Å². The predicted octanol–water partition coefficient (Wildman–Crippen LogP) is 2.62. The van der Waals surface area contributed by atoms with Crippen molar-refractivity contribution in [2.75, 3.05) is 14.2 Å². The minimum atomic E-state index is 0.284. The molecule has 0 fully saturated rings. The Bertz CT molecular complexity index is 462. The van der Waals surface area contributed by atoms with Crippen molar-refractivity contribution >= 4 is 21.4 Å². The van der Waals surface area contributed by atoms with Gasteiger partial charge in [0, 0.05) is 5.39 Å². The lowest BCUT2D eigenvalue weighted by Crippen LogP contribution is -1.89. The van der Waals surface area contributed by atoms with Crippen LogP contribution in [0.4, 0.5) is 0 Å². The van der Waals surface area contributed by atoms with Crippen LogP contribution in [0.5, 0.6) is 16.6 Å². The molecule has 0 saturated carbocycles. The van der Waals surface area contributed by atoms with Crippen molar-refractivity contribution in [3.63, 3.8) is 0 Å². The lowest BCUT2D eigenvalue weighted by molar-refractivity contribution is 0.359. The topological polar surface area (TPSA) is 38.7 Å². The van der Waals surface area contributed by atoms with E-state index in [1.54, 1.807) is 20.3 Å². The molecule has 1 N–H and O–H groups in total. The maximum Gasteiger partial charge on any atom is 0.178 e. The Morgan fingerprint density at radius 3 is 2.64 bits per heavy atom. The Morgan fingerprint density at radius 2 is 2.00 bits per heavy atom. The Kier molecular flexibility index (Phi) is 2.21. The molecule has 74 valence electrons. The van der Waals surface area contributed by atoms with Gasteiger partial charge in [-0.1, -0.05) is 11.3 Å². The highest BCUT2D eigenvalue weighted by Crippen LogP contribution is 2.42. The number of hydrogen-bond donors (Lipinski definition) is 1. The molecular weight excluding hydrogens is 200 g/mol. The SMILES string of the molecule is COc1ccc2cc(O)sc2c1OC. The summed E-state index contributed by atoms with van der Waals surface area (Å²) in [6.45, 7) is 0. The molecule has 0 bridgehead atoms. The molecular formula is C10H10O3S. The minimum absolute atomic E-state index is 0.284. The average molecular weight is 210 g/mol. The average Bonchev–Trinajstić information content (AvgIpc) is 2.56. The Labute approximate surface area is 85.5 Å². The fraction of sp³-hybridized carbons (Fsp3) is 0.200. The molecule has 4 heteroatoms. The Balaban J connectivity index is 2.75. The van der Waals surface area contributed by atoms with Crippen LogP contribution < -0.4 is 9.47 Å². The molecule has 2 rings (SSSR count). The van der Waals surface area contributed by atoms with Gasteiger partial charge in [0.25, 0.3) is 0 Å². The van der Waals surface area contributed by atoms with Gasteiger partial charge in [0.05, 0.1) is 18.9 Å². The van der Waals surface area contributed by atoms with Gasteiger partial charge in [0.15, 0.2) is 16.6 Å². The van der Waals surface area contributed by atoms with Gasteiger partial charge in [-0.25, -0.2) is 0 Å². The van der Waals surface area contributed by atoms with E-state index in [1.165, 1.54) is 11.3 Å². The van der Waals surface area contributed by atoms with Crippen LogP contribution >= 0.6 is 11.3 Å². The number of aromatic hydroxyl groups is 1. The van der Waals surface area contributed by atoms with E-state index in [0.29, 0.717) is 11.5 Å². The number of fused-ring (bicyclic) bond motifs is 1. The molecule has 0 unspecified atom stereocenters. The summed E-state index contributed by atoms with van der Waals surface area (Å²) in [6.07, 6.45) is 0. The molecule has 0 spiro atoms. The van der Waals surface area contributed by atoms with E-state index in [0.717, 1.165) is 10.1 Å². The first-order chi connectivity index (χ1) is 6.76. The molecule has 14 heavy (non-hydrogen) atoms. The highest BCUT2D eigenvalue weighted by Gasteiger charge is 2.11. The van der Waals surface area contributed by atoms with Gasteiger partial charge in [-0.05, 0) is 18.2 Å². The number of ether oxygens (including phenoxy) is 2. The molecule has 0 aliphatic carbocycles. The summed E-state index contributed by atoms with van der Waals surface area (Å²) in [5.74, 6) is 1.36. The third-order valence-corrected chi connectivity index (χ3v) is 2.97. The molecule has 0 aliphatic rings. The number of rotatable bonds is 2. The second-order valence-corrected chi connectivity index (χ2v) is 3.83. The number of benzene rings is 1. The van der Waals surface area contributed by atoms with E-state index in [2.05, 4.69) is 0 Å². The van der Waals surface area contributed by atoms with E-state index < -0.39 is 0 Å². The van der Waals surface area contributed by atoms with Gasteiger partial charge in [0.2, 0.25) is 0 Å². The van der Waals surface area contributed by atoms with E-state index >= 15 is 0 Å². The van der Waals surface area contributed by atoms with Gasteiger partial charge >= 0.3 is 0 Å². The normalized spacial score (nSPS) is 10.4. The summed E-state index contributed by atoms with van der Waals surface area (Å²) in [5.41, 5.74) is 0. The maximum absolute atomic E-state index is 9.36. The van der Waals surface area contributed by atoms with Crippen molar-refractivity contribution in [1.82, 2.24) is 0 Å². The molecule has 1 aromatic heterocycles. The first-order valence-corrected chi connectivity index (χ1v) is 4.91. The van der Waals surface area contributed by atoms with Crippen molar-refractivity contribution in [1.29, 1.82) is 0 Å². The first kappa shape index (κ1) is 9.15. The zero-order valence-corrected chi connectivity index (χ0v) is 8.72. The standard InChI is InChI=1S/C10H10O3S/c1-12-7-4-3-6-5-8(11)14-10(6)9(7)13-2/h3-5,11H,1-2H3. The van der Waals surface area contributed by atoms with E-state index in [-0.39, 0.29) is 5.06 Å². The van der Waals surface area contributed by atoms with Gasteiger partial charge in [-0.2, -0.15) is 0 Å². The predicted molar refractivity (Wildman–Crippen MR) is 56.6 cm³/mol. The molecule has 3 nitrogen and oxygen atoms in total. The summed E-state index contributed by atoms with van der Waals surface area (Å²) in [6, 6.07) is 5.43. The highest BCUT2D eigenvalue weighted by molar-refractivity contribution is 7.21. The van der Waals surface area contributed by atoms with Crippen LogP contribution in [0.2, 0.25) is 0 Å². The fourth-order valence-electron chi connectivity index (χ4n) is 1.40. The molecule has 0 saturated heterocycles. The maximum atomic E-state index is 9.36. The zero-order valence-electron chi connectivity index (χ0n) is 7.90. The molecule has 0 radical (unpaired) electrons. The van der Waals surface area contributed by atoms with E-state index in [4.69, 9.17) is 9.47 Å². The van der Waals surface area contributed by atoms with Gasteiger partial charge < -0.3 is 14.6 Å². The van der Waals surface area contributed by atoms with Crippen LogP contribution in [-0.4, -0.2) is 19.3 Å². The molecule has 0 atom stereocenters. The van der Waals surface area contributed by atoms with Crippen LogP contribution in [-0.2, 0) is 0 Å². The summed E-state index contributed by atoms with van der Waals surface area (Å²) in [7, 11) is 3.19. The van der Waals surface area contributed by atoms with Crippen molar-refractivity contribution in [3.8, 4) is 16.6 Å². The van der Waals surface area contributed by atoms with Gasteiger partial charge in [-0.3, -0.25) is 0 Å². The zero-order chi connectivity index (χ0) is 10.1. The van der Waals surface area contributed by atoms with Crippen LogP contribution in [0, 0.1) is 0 Å². The molecule has 1 aromatic carbocycles. The van der Waals surface area contributed by atoms with Crippen LogP contribution in [0.15, 0.2) is 18.2 Å². The summed E-state index contributed by atoms with van der Waals surface area (Å²) >= 11 is 1.28. The quantitative estimate of drug-likeness (QED) is 0.828. The Morgan fingerprint density at radius 1 is 1.21 bits per heavy atom. The molecule has 0 amide bonds. The monoisotopic (exact) mass is 210 g/mol. The number of hydrogen-bond acceptors (Lipinski definition) is 4. The van der Waals surface area contributed by atoms with Crippen molar-refractivity contribution in [3.05, 3.63) is 18.2 Å². The van der Waals surface area contributed by atoms with Gasteiger partial charge in [-0.15, -0.1) is 0 Å². The smallest absolute Gasteiger partial charge is 0.178 e. The van der Waals surface area contributed by atoms with Crippen LogP contribution in [0.25, 0.3) is 10.1 Å². The lowest BCUT2D eigenvalue weighted by atomic mass is 10.2. The van der Waals surface area contributed by atoms with Crippen LogP contribution in [0.3, 0.4) is 0 Å². The van der Waals surface area contributed by atoms with Crippen molar-refractivity contribution < 1.29 is 14.6 Å². The molecule has 0 aliphatic heterocycles. The second kappa shape index (κ2) is 3.38. The third-order valence-electron chi connectivity index (χ3n) is 2.02. The number of methoxy groups -OCH3 is 2. The van der Waals surface area contributed by atoms with Crippen molar-refractivity contribution in [2.24, 2.45) is 0 Å². The van der Waals surface area contributed by atoms with Gasteiger partial charge in [0.1, 0.15) is 0 Å². The minimum Gasteiger partial charge on any atom is -0.499 e. The first-order valence-electron chi connectivity index (χ1n) is 4.09. The van der Waals surface area contributed by atoms with Crippen LogP contribution in [0.1, 0.15) is 0 Å². The second-order valence-electron chi connectivity index (χ2n) is 2.80. The third kappa shape index (κ3) is 1.28. The summed E-state index contributed by atoms with van der Waals surface area (Å²) in [4.78, 5) is 0. The summed E-state index contributed by atoms with van der Waals surface area (Å²) < 4.78 is 11.3. The Hall–Kier alpha value is -1.42. The summed E-state index contributed by atoms with van der Waals surface area (Å²) in [5, 5.41) is 10.6. The molecule has 1 heterocycles. The lowest BCUT2D eigenvalue weighted by Gasteiger charge is -2.07. The number of thiophene rings is 1. The van der Waals surface area contributed by atoms with E-state index in [9.17, 15) is 5.11 Å². The highest BCUT2D eigenvalue weighted by atomic mass is 32.1. The molecule has 2 aromatic rings.